The lowest BCUT2D eigenvalue weighted by Gasteiger charge is -2.21. The molecule has 3 heteroatoms. The highest BCUT2D eigenvalue weighted by Gasteiger charge is 2.14. The van der Waals surface area contributed by atoms with E-state index in [4.69, 9.17) is 0 Å². The SMILES string of the molecule is Cc1ccc(C(C)NCC(CO)Cc2ccccc2C)c(F)c1. The van der Waals surface area contributed by atoms with Crippen molar-refractivity contribution in [2.45, 2.75) is 33.2 Å². The Morgan fingerprint density at radius 3 is 2.52 bits per heavy atom. The highest BCUT2D eigenvalue weighted by atomic mass is 19.1. The summed E-state index contributed by atoms with van der Waals surface area (Å²) in [6.45, 7) is 6.69. The third-order valence-corrected chi connectivity index (χ3v) is 4.36. The first-order valence-corrected chi connectivity index (χ1v) is 8.16. The molecule has 2 nitrogen and oxygen atoms in total. The van der Waals surface area contributed by atoms with Gasteiger partial charge in [0, 0.05) is 24.8 Å². The lowest BCUT2D eigenvalue weighted by Crippen LogP contribution is -2.29. The van der Waals surface area contributed by atoms with E-state index in [0.717, 1.165) is 12.0 Å². The predicted octanol–water partition coefficient (Wildman–Crippen LogP) is 3.94. The van der Waals surface area contributed by atoms with Gasteiger partial charge < -0.3 is 10.4 Å². The highest BCUT2D eigenvalue weighted by molar-refractivity contribution is 5.27. The number of aryl methyl sites for hydroxylation is 2. The molecule has 2 aromatic carbocycles. The first-order chi connectivity index (χ1) is 11.0. The van der Waals surface area contributed by atoms with E-state index < -0.39 is 0 Å². The predicted molar refractivity (Wildman–Crippen MR) is 93.0 cm³/mol. The second-order valence-electron chi connectivity index (χ2n) is 6.33. The third-order valence-electron chi connectivity index (χ3n) is 4.36. The van der Waals surface area contributed by atoms with Crippen LogP contribution in [0.3, 0.4) is 0 Å². The molecule has 23 heavy (non-hydrogen) atoms. The normalized spacial score (nSPS) is 13.8. The summed E-state index contributed by atoms with van der Waals surface area (Å²) in [7, 11) is 0. The van der Waals surface area contributed by atoms with Crippen LogP contribution in [-0.2, 0) is 6.42 Å². The van der Waals surface area contributed by atoms with Crippen LogP contribution in [0.25, 0.3) is 0 Å². The second-order valence-corrected chi connectivity index (χ2v) is 6.33. The number of aliphatic hydroxyl groups excluding tert-OH is 1. The Kier molecular flexibility index (Phi) is 6.31. The molecule has 0 fully saturated rings. The quantitative estimate of drug-likeness (QED) is 0.811. The molecule has 124 valence electrons. The smallest absolute Gasteiger partial charge is 0.128 e. The standard InChI is InChI=1S/C20H26FNO/c1-14-8-9-19(20(21)10-14)16(3)22-12-17(13-23)11-18-7-5-4-6-15(18)2/h4-10,16-17,22-23H,11-13H2,1-3H3. The Hall–Kier alpha value is -1.71. The van der Waals surface area contributed by atoms with Crippen LogP contribution in [0.1, 0.15) is 35.2 Å². The molecule has 0 aliphatic rings. The number of hydrogen-bond acceptors (Lipinski definition) is 2. The van der Waals surface area contributed by atoms with Crippen molar-refractivity contribution in [2.24, 2.45) is 5.92 Å². The minimum absolute atomic E-state index is 0.0819. The topological polar surface area (TPSA) is 32.3 Å². The molecule has 2 unspecified atom stereocenters. The average molecular weight is 315 g/mol. The first kappa shape index (κ1) is 17.6. The first-order valence-electron chi connectivity index (χ1n) is 8.16. The maximum absolute atomic E-state index is 14.0. The van der Waals surface area contributed by atoms with E-state index in [1.54, 1.807) is 6.07 Å². The van der Waals surface area contributed by atoms with Gasteiger partial charge >= 0.3 is 0 Å². The molecule has 0 heterocycles. The van der Waals surface area contributed by atoms with Crippen molar-refractivity contribution in [2.75, 3.05) is 13.2 Å². The van der Waals surface area contributed by atoms with Crippen LogP contribution < -0.4 is 5.32 Å². The summed E-state index contributed by atoms with van der Waals surface area (Å²) in [4.78, 5) is 0. The van der Waals surface area contributed by atoms with Gasteiger partial charge in [-0.15, -0.1) is 0 Å². The fraction of sp³-hybridized carbons (Fsp3) is 0.400. The molecule has 0 amide bonds. The molecule has 0 radical (unpaired) electrons. The Morgan fingerprint density at radius 1 is 1.13 bits per heavy atom. The number of benzene rings is 2. The van der Waals surface area contributed by atoms with E-state index in [2.05, 4.69) is 24.4 Å². The van der Waals surface area contributed by atoms with Crippen LogP contribution >= 0.6 is 0 Å². The van der Waals surface area contributed by atoms with Crippen molar-refractivity contribution >= 4 is 0 Å². The van der Waals surface area contributed by atoms with Crippen LogP contribution in [0.4, 0.5) is 4.39 Å². The van der Waals surface area contributed by atoms with Crippen LogP contribution in [0, 0.1) is 25.6 Å². The third kappa shape index (κ3) is 4.88. The maximum atomic E-state index is 14.0. The summed E-state index contributed by atoms with van der Waals surface area (Å²) in [6, 6.07) is 13.5. The minimum Gasteiger partial charge on any atom is -0.396 e. The molecule has 0 aromatic heterocycles. The summed E-state index contributed by atoms with van der Waals surface area (Å²) in [5, 5.41) is 13.0. The van der Waals surface area contributed by atoms with E-state index in [-0.39, 0.29) is 24.4 Å². The lowest BCUT2D eigenvalue weighted by atomic mass is 9.96. The average Bonchev–Trinajstić information content (AvgIpc) is 2.52. The van der Waals surface area contributed by atoms with Crippen molar-refractivity contribution in [3.05, 3.63) is 70.5 Å². The van der Waals surface area contributed by atoms with Gasteiger partial charge in [-0.3, -0.25) is 0 Å². The molecular formula is C20H26FNO. The molecule has 2 N–H and O–H groups in total. The van der Waals surface area contributed by atoms with E-state index in [9.17, 15) is 9.50 Å². The van der Waals surface area contributed by atoms with E-state index in [0.29, 0.717) is 12.1 Å². The molecule has 0 saturated carbocycles. The van der Waals surface area contributed by atoms with Gasteiger partial charge in [0.05, 0.1) is 0 Å². The van der Waals surface area contributed by atoms with Gasteiger partial charge in [0.25, 0.3) is 0 Å². The van der Waals surface area contributed by atoms with Gasteiger partial charge in [-0.05, 0) is 55.9 Å². The molecule has 2 atom stereocenters. The molecule has 0 bridgehead atoms. The summed E-state index contributed by atoms with van der Waals surface area (Å²) < 4.78 is 14.0. The Morgan fingerprint density at radius 2 is 1.87 bits per heavy atom. The Balaban J connectivity index is 1.96. The zero-order chi connectivity index (χ0) is 16.8. The van der Waals surface area contributed by atoms with Gasteiger partial charge in [0.2, 0.25) is 0 Å². The highest BCUT2D eigenvalue weighted by Crippen LogP contribution is 2.19. The maximum Gasteiger partial charge on any atom is 0.128 e. The summed E-state index contributed by atoms with van der Waals surface area (Å²) in [5.41, 5.74) is 4.08. The fourth-order valence-electron chi connectivity index (χ4n) is 2.79. The zero-order valence-electron chi connectivity index (χ0n) is 14.1. The van der Waals surface area contributed by atoms with Gasteiger partial charge in [-0.2, -0.15) is 0 Å². The van der Waals surface area contributed by atoms with Crippen molar-refractivity contribution in [1.29, 1.82) is 0 Å². The van der Waals surface area contributed by atoms with Crippen molar-refractivity contribution in [1.82, 2.24) is 5.32 Å². The fourth-order valence-corrected chi connectivity index (χ4v) is 2.79. The molecule has 0 spiro atoms. The van der Waals surface area contributed by atoms with E-state index in [1.807, 2.05) is 38.1 Å². The van der Waals surface area contributed by atoms with Crippen LogP contribution in [0.2, 0.25) is 0 Å². The van der Waals surface area contributed by atoms with Crippen molar-refractivity contribution in [3.8, 4) is 0 Å². The number of halogens is 1. The second kappa shape index (κ2) is 8.23. The van der Waals surface area contributed by atoms with E-state index >= 15 is 0 Å². The van der Waals surface area contributed by atoms with Crippen LogP contribution in [-0.4, -0.2) is 18.3 Å². The van der Waals surface area contributed by atoms with Gasteiger partial charge in [0.1, 0.15) is 5.82 Å². The number of rotatable bonds is 7. The number of nitrogens with one attached hydrogen (secondary N) is 1. The summed E-state index contributed by atoms with van der Waals surface area (Å²) in [5.74, 6) is -0.0588. The Labute approximate surface area is 138 Å². The molecule has 2 rings (SSSR count). The zero-order valence-corrected chi connectivity index (χ0v) is 14.1. The molecular weight excluding hydrogens is 289 g/mol. The number of aliphatic hydroxyl groups is 1. The molecule has 0 aliphatic carbocycles. The van der Waals surface area contributed by atoms with Crippen LogP contribution in [0.15, 0.2) is 42.5 Å². The minimum atomic E-state index is -0.176. The van der Waals surface area contributed by atoms with Crippen molar-refractivity contribution in [3.63, 3.8) is 0 Å². The molecule has 2 aromatic rings. The Bertz CT molecular complexity index is 641. The number of hydrogen-bond donors (Lipinski definition) is 2. The van der Waals surface area contributed by atoms with Gasteiger partial charge in [0.15, 0.2) is 0 Å². The largest absolute Gasteiger partial charge is 0.396 e. The summed E-state index contributed by atoms with van der Waals surface area (Å²) >= 11 is 0. The monoisotopic (exact) mass is 315 g/mol. The summed E-state index contributed by atoms with van der Waals surface area (Å²) in [6.07, 6.45) is 0.819. The van der Waals surface area contributed by atoms with Crippen LogP contribution in [0.5, 0.6) is 0 Å². The van der Waals surface area contributed by atoms with E-state index in [1.165, 1.54) is 11.1 Å². The lowest BCUT2D eigenvalue weighted by molar-refractivity contribution is 0.218. The van der Waals surface area contributed by atoms with Gasteiger partial charge in [-0.25, -0.2) is 4.39 Å². The van der Waals surface area contributed by atoms with Crippen molar-refractivity contribution < 1.29 is 9.50 Å². The van der Waals surface area contributed by atoms with Gasteiger partial charge in [-0.1, -0.05) is 36.4 Å². The molecule has 0 saturated heterocycles. The molecule has 0 aliphatic heterocycles.